The molecule has 0 aliphatic carbocycles. The number of carbonyl (C=O) groups is 1. The minimum absolute atomic E-state index is 0.0952. The van der Waals surface area contributed by atoms with Crippen LogP contribution in [0.25, 0.3) is 11.1 Å². The highest BCUT2D eigenvalue weighted by Gasteiger charge is 2.44. The molecule has 3 aromatic rings. The molecule has 2 atom stereocenters. The lowest BCUT2D eigenvalue weighted by atomic mass is 9.99. The molecule has 1 fully saturated rings. The lowest BCUT2D eigenvalue weighted by molar-refractivity contribution is -0.119. The predicted molar refractivity (Wildman–Crippen MR) is 129 cm³/mol. The molecule has 13 heteroatoms. The Balaban J connectivity index is 1.33. The second-order valence-electron chi connectivity index (χ2n) is 9.12. The third-order valence-electron chi connectivity index (χ3n) is 6.59. The van der Waals surface area contributed by atoms with Crippen LogP contribution in [0.3, 0.4) is 0 Å². The van der Waals surface area contributed by atoms with Crippen LogP contribution < -0.4 is 15.8 Å². The van der Waals surface area contributed by atoms with Crippen LogP contribution in [0.4, 0.5) is 33.9 Å². The largest absolute Gasteiger partial charge is 0.405 e. The summed E-state index contributed by atoms with van der Waals surface area (Å²) in [7, 11) is 1.27. The molecule has 1 saturated heterocycles. The number of pyridine rings is 1. The second-order valence-corrected chi connectivity index (χ2v) is 9.53. The molecule has 5 rings (SSSR count). The van der Waals surface area contributed by atoms with Gasteiger partial charge in [-0.2, -0.15) is 18.3 Å². The lowest BCUT2D eigenvalue weighted by Gasteiger charge is -2.35. The smallest absolute Gasteiger partial charge is 0.351 e. The summed E-state index contributed by atoms with van der Waals surface area (Å²) in [5.41, 5.74) is 1.70. The van der Waals surface area contributed by atoms with Crippen LogP contribution in [0.15, 0.2) is 41.3 Å². The molecule has 194 valence electrons. The molecule has 0 radical (unpaired) electrons. The van der Waals surface area contributed by atoms with Crippen molar-refractivity contribution in [3.8, 4) is 11.1 Å². The van der Waals surface area contributed by atoms with E-state index >= 15 is 4.39 Å². The lowest BCUT2D eigenvalue weighted by Crippen LogP contribution is -2.45. The van der Waals surface area contributed by atoms with Gasteiger partial charge in [0.25, 0.3) is 5.56 Å². The van der Waals surface area contributed by atoms with Gasteiger partial charge < -0.3 is 15.1 Å². The third-order valence-corrected chi connectivity index (χ3v) is 6.91. The molecular formula is C24H21ClF4N6O2. The summed E-state index contributed by atoms with van der Waals surface area (Å²) in [4.78, 5) is 31.3. The monoisotopic (exact) mass is 536 g/mol. The molecule has 2 bridgehead atoms. The van der Waals surface area contributed by atoms with E-state index in [2.05, 4.69) is 20.5 Å². The highest BCUT2D eigenvalue weighted by atomic mass is 35.5. The van der Waals surface area contributed by atoms with Gasteiger partial charge in [-0.05, 0) is 49.1 Å². The Hall–Kier alpha value is -3.67. The Kier molecular flexibility index (Phi) is 6.30. The molecule has 1 unspecified atom stereocenters. The van der Waals surface area contributed by atoms with Gasteiger partial charge in [-0.15, -0.1) is 0 Å². The van der Waals surface area contributed by atoms with Gasteiger partial charge in [0.15, 0.2) is 0 Å². The Labute approximate surface area is 213 Å². The van der Waals surface area contributed by atoms with Crippen molar-refractivity contribution in [3.63, 3.8) is 0 Å². The number of halogens is 5. The van der Waals surface area contributed by atoms with Crippen LogP contribution in [0.5, 0.6) is 0 Å². The van der Waals surface area contributed by atoms with Crippen molar-refractivity contribution in [1.29, 1.82) is 0 Å². The van der Waals surface area contributed by atoms with Gasteiger partial charge in [-0.3, -0.25) is 4.79 Å². The van der Waals surface area contributed by atoms with Crippen molar-refractivity contribution >= 4 is 29.1 Å². The number of hydrogen-bond acceptors (Lipinski definition) is 5. The second kappa shape index (κ2) is 9.33. The van der Waals surface area contributed by atoms with Gasteiger partial charge in [0.1, 0.15) is 18.2 Å². The van der Waals surface area contributed by atoms with Gasteiger partial charge in [-0.1, -0.05) is 11.6 Å². The average molecular weight is 537 g/mol. The number of nitrogens with one attached hydrogen (secondary N) is 2. The fourth-order valence-electron chi connectivity index (χ4n) is 4.98. The summed E-state index contributed by atoms with van der Waals surface area (Å²) in [6.07, 6.45) is -1.19. The number of amides is 2. The van der Waals surface area contributed by atoms with Crippen LogP contribution in [-0.4, -0.2) is 51.9 Å². The van der Waals surface area contributed by atoms with Crippen LogP contribution in [0.2, 0.25) is 5.02 Å². The first kappa shape index (κ1) is 25.0. The normalized spacial score (nSPS) is 18.5. The minimum Gasteiger partial charge on any atom is -0.351 e. The van der Waals surface area contributed by atoms with Crippen molar-refractivity contribution in [1.82, 2.24) is 20.1 Å². The fourth-order valence-corrected chi connectivity index (χ4v) is 5.25. The zero-order valence-corrected chi connectivity index (χ0v) is 20.2. The zero-order chi connectivity index (χ0) is 26.5. The van der Waals surface area contributed by atoms with Crippen LogP contribution in [-0.2, 0) is 6.42 Å². The van der Waals surface area contributed by atoms with E-state index in [-0.39, 0.29) is 39.7 Å². The Morgan fingerprint density at radius 2 is 2.05 bits per heavy atom. The van der Waals surface area contributed by atoms with E-state index in [1.807, 2.05) is 0 Å². The maximum atomic E-state index is 15.0. The van der Waals surface area contributed by atoms with E-state index in [0.717, 1.165) is 23.0 Å². The van der Waals surface area contributed by atoms with E-state index in [0.29, 0.717) is 24.1 Å². The molecule has 2 amide bonds. The van der Waals surface area contributed by atoms with E-state index in [9.17, 15) is 22.8 Å². The number of urea groups is 1. The van der Waals surface area contributed by atoms with E-state index in [4.69, 9.17) is 11.6 Å². The highest BCUT2D eigenvalue weighted by Crippen LogP contribution is 2.43. The zero-order valence-electron chi connectivity index (χ0n) is 19.4. The maximum Gasteiger partial charge on any atom is 0.405 e. The Morgan fingerprint density at radius 3 is 2.76 bits per heavy atom. The molecule has 2 aliphatic heterocycles. The summed E-state index contributed by atoms with van der Waals surface area (Å²) >= 11 is 6.38. The topological polar surface area (TPSA) is 94.2 Å². The van der Waals surface area contributed by atoms with Gasteiger partial charge in [0, 0.05) is 36.5 Å². The number of alkyl halides is 3. The highest BCUT2D eigenvalue weighted by molar-refractivity contribution is 6.33. The number of benzene rings is 1. The number of rotatable bonds is 4. The number of nitrogens with zero attached hydrogens (tertiary/aromatic N) is 4. The number of fused-ring (bicyclic) bond motifs is 4. The number of hydrogen-bond donors (Lipinski definition) is 2. The quantitative estimate of drug-likeness (QED) is 0.462. The Bertz CT molecular complexity index is 1410. The predicted octanol–water partition coefficient (Wildman–Crippen LogP) is 4.92. The molecule has 8 nitrogen and oxygen atoms in total. The average Bonchev–Trinajstić information content (AvgIpc) is 3.15. The number of carbonyl (C=O) groups excluding carboxylic acids is 1. The summed E-state index contributed by atoms with van der Waals surface area (Å²) in [6, 6.07) is 5.82. The molecule has 1 aromatic carbocycles. The molecular weight excluding hydrogens is 516 g/mol. The first-order valence-electron chi connectivity index (χ1n) is 11.4. The first-order valence-corrected chi connectivity index (χ1v) is 11.8. The van der Waals surface area contributed by atoms with E-state index < -0.39 is 24.6 Å². The summed E-state index contributed by atoms with van der Waals surface area (Å²) < 4.78 is 52.9. The number of aromatic nitrogens is 3. The molecule has 4 heterocycles. The minimum atomic E-state index is -4.38. The summed E-state index contributed by atoms with van der Waals surface area (Å²) in [5, 5.41) is 9.25. The Morgan fingerprint density at radius 1 is 1.27 bits per heavy atom. The molecule has 2 N–H and O–H groups in total. The molecule has 37 heavy (non-hydrogen) atoms. The molecule has 0 saturated carbocycles. The van der Waals surface area contributed by atoms with Gasteiger partial charge in [0.2, 0.25) is 0 Å². The van der Waals surface area contributed by atoms with Crippen molar-refractivity contribution in [3.05, 3.63) is 69.0 Å². The van der Waals surface area contributed by atoms with Crippen molar-refractivity contribution in [2.75, 3.05) is 23.8 Å². The molecule has 2 aromatic heterocycles. The summed E-state index contributed by atoms with van der Waals surface area (Å²) in [5.74, 6) is -0.643. The van der Waals surface area contributed by atoms with Crippen LogP contribution in [0, 0.1) is 5.82 Å². The maximum absolute atomic E-state index is 15.0. The first-order chi connectivity index (χ1) is 17.5. The van der Waals surface area contributed by atoms with Crippen molar-refractivity contribution < 1.29 is 22.4 Å². The third kappa shape index (κ3) is 4.97. The van der Waals surface area contributed by atoms with Gasteiger partial charge in [0.05, 0.1) is 22.4 Å². The van der Waals surface area contributed by atoms with Crippen LogP contribution >= 0.6 is 11.6 Å². The number of aromatic amines is 1. The SMILES string of the molecule is CN(CC(F)(F)F)c1ccc(-c2cc(F)c(NC(=O)N3C4CC[C@@H]3c3n[nH]c(=O)cc3C4)cc2Cl)cn1. The summed E-state index contributed by atoms with van der Waals surface area (Å²) in [6.45, 7) is -1.17. The molecule has 2 aliphatic rings. The number of H-pyrrole nitrogens is 1. The van der Waals surface area contributed by atoms with Gasteiger partial charge >= 0.3 is 12.2 Å². The van der Waals surface area contributed by atoms with Crippen LogP contribution in [0.1, 0.15) is 30.1 Å². The van der Waals surface area contributed by atoms with Crippen molar-refractivity contribution in [2.24, 2.45) is 0 Å². The van der Waals surface area contributed by atoms with E-state index in [1.165, 1.54) is 37.5 Å². The number of anilines is 2. The van der Waals surface area contributed by atoms with E-state index in [1.54, 1.807) is 4.90 Å². The van der Waals surface area contributed by atoms with Gasteiger partial charge in [-0.25, -0.2) is 19.3 Å². The van der Waals surface area contributed by atoms with Crippen molar-refractivity contribution in [2.45, 2.75) is 37.5 Å². The standard InChI is InChI=1S/C24H21ClF4N6O2/c1-34(11-24(27,28)29)20-5-2-12(10-30-20)15-8-17(26)18(9-16(15)25)31-23(37)35-14-3-4-19(35)22-13(6-14)7-21(36)32-33-22/h2,5,7-10,14,19H,3-4,6,11H2,1H3,(H,31,37)(H,32,36)/t14?,19-/m1/s1. The fraction of sp³-hybridized carbons (Fsp3) is 0.333. The molecule has 0 spiro atoms.